The normalized spacial score (nSPS) is 11.5. The number of fused-ring (bicyclic) bond motifs is 1. The summed E-state index contributed by atoms with van der Waals surface area (Å²) >= 11 is 0.955. The highest BCUT2D eigenvalue weighted by Gasteiger charge is 2.25. The summed E-state index contributed by atoms with van der Waals surface area (Å²) in [6.07, 6.45) is 0.0586. The van der Waals surface area contributed by atoms with Crippen molar-refractivity contribution in [3.05, 3.63) is 56.6 Å². The molecule has 12 heteroatoms. The van der Waals surface area contributed by atoms with Crippen LogP contribution in [0.2, 0.25) is 0 Å². The van der Waals surface area contributed by atoms with E-state index in [4.69, 9.17) is 0 Å². The number of aromatic carboxylic acids is 1. The molecule has 0 unspecified atom stereocenters. The second-order valence-electron chi connectivity index (χ2n) is 6.39. The van der Waals surface area contributed by atoms with Gasteiger partial charge in [-0.15, -0.1) is 11.3 Å². The molecule has 0 aliphatic carbocycles. The van der Waals surface area contributed by atoms with Gasteiger partial charge in [0.25, 0.3) is 15.7 Å². The minimum Gasteiger partial charge on any atom is -0.477 e. The van der Waals surface area contributed by atoms with E-state index in [1.54, 1.807) is 18.4 Å². The number of benzene rings is 1. The summed E-state index contributed by atoms with van der Waals surface area (Å²) in [6.45, 7) is 1.80. The van der Waals surface area contributed by atoms with Crippen molar-refractivity contribution in [3.8, 4) is 0 Å². The average Bonchev–Trinajstić information content (AvgIpc) is 3.33. The number of carboxylic acids is 1. The van der Waals surface area contributed by atoms with E-state index in [2.05, 4.69) is 4.98 Å². The highest BCUT2D eigenvalue weighted by atomic mass is 32.2. The number of nitrogens with zero attached hydrogens (tertiary/aromatic N) is 1. The molecule has 2 aromatic heterocycles. The highest BCUT2D eigenvalue weighted by Crippen LogP contribution is 2.32. The van der Waals surface area contributed by atoms with Gasteiger partial charge in [-0.2, -0.15) is 0 Å². The molecule has 2 heterocycles. The average molecular weight is 451 g/mol. The molecular formula is C18H17N3O7S2. The van der Waals surface area contributed by atoms with Gasteiger partial charge in [-0.05, 0) is 41.5 Å². The van der Waals surface area contributed by atoms with Gasteiger partial charge in [-0.1, -0.05) is 13.0 Å². The molecule has 3 rings (SSSR count). The third-order valence-electron chi connectivity index (χ3n) is 4.48. The fraction of sp³-hybridized carbons (Fsp3) is 0.222. The number of aromatic nitrogens is 1. The van der Waals surface area contributed by atoms with Gasteiger partial charge >= 0.3 is 5.97 Å². The molecule has 10 nitrogen and oxygen atoms in total. The Morgan fingerprint density at radius 1 is 1.33 bits per heavy atom. The summed E-state index contributed by atoms with van der Waals surface area (Å²) in [7, 11) is -4.00. The topological polar surface area (TPSA) is 159 Å². The van der Waals surface area contributed by atoms with Crippen LogP contribution in [0.15, 0.2) is 33.9 Å². The quantitative estimate of drug-likeness (QED) is 0.351. The van der Waals surface area contributed by atoms with Crippen molar-refractivity contribution in [1.82, 2.24) is 9.71 Å². The van der Waals surface area contributed by atoms with Crippen LogP contribution in [0.4, 0.5) is 5.69 Å². The molecule has 0 fully saturated rings. The van der Waals surface area contributed by atoms with Crippen LogP contribution in [-0.2, 0) is 27.7 Å². The number of H-pyrrole nitrogens is 1. The molecule has 3 aromatic rings. The first-order valence-electron chi connectivity index (χ1n) is 8.78. The zero-order valence-electron chi connectivity index (χ0n) is 15.7. The fourth-order valence-corrected chi connectivity index (χ4v) is 5.09. The van der Waals surface area contributed by atoms with Gasteiger partial charge in [-0.3, -0.25) is 14.9 Å². The number of carbonyl (C=O) groups excluding carboxylic acids is 1. The SMILES string of the molecule is CCc1cc([N+](=O)[O-])c2[nH]c(C(=O)O)c(CCC(=O)NS(=O)(=O)c3cccs3)c2c1. The van der Waals surface area contributed by atoms with E-state index in [0.717, 1.165) is 11.3 Å². The minimum absolute atomic E-state index is 0.0163. The minimum atomic E-state index is -4.00. The van der Waals surface area contributed by atoms with Crippen LogP contribution in [0.25, 0.3) is 10.9 Å². The molecule has 0 spiro atoms. The molecule has 3 N–H and O–H groups in total. The van der Waals surface area contributed by atoms with E-state index in [-0.39, 0.29) is 39.5 Å². The number of nitro benzene ring substituents is 1. The van der Waals surface area contributed by atoms with Gasteiger partial charge in [0.15, 0.2) is 0 Å². The lowest BCUT2D eigenvalue weighted by Gasteiger charge is -2.06. The van der Waals surface area contributed by atoms with Crippen LogP contribution in [-0.4, -0.2) is 35.3 Å². The Labute approximate surface area is 174 Å². The second-order valence-corrected chi connectivity index (χ2v) is 9.25. The zero-order valence-corrected chi connectivity index (χ0v) is 17.3. The highest BCUT2D eigenvalue weighted by molar-refractivity contribution is 7.92. The molecule has 0 bridgehead atoms. The molecule has 0 aliphatic heterocycles. The first kappa shape index (κ1) is 21.5. The Bertz CT molecular complexity index is 1240. The number of aryl methyl sites for hydroxylation is 2. The van der Waals surface area contributed by atoms with Gasteiger partial charge in [0, 0.05) is 17.9 Å². The monoisotopic (exact) mass is 451 g/mol. The van der Waals surface area contributed by atoms with E-state index in [0.29, 0.717) is 17.4 Å². The van der Waals surface area contributed by atoms with E-state index in [1.807, 2.05) is 4.72 Å². The number of thiophene rings is 1. The van der Waals surface area contributed by atoms with Crippen LogP contribution in [0.3, 0.4) is 0 Å². The number of nitro groups is 1. The predicted molar refractivity (Wildman–Crippen MR) is 109 cm³/mol. The summed E-state index contributed by atoms with van der Waals surface area (Å²) in [5, 5.41) is 22.8. The van der Waals surface area contributed by atoms with Crippen molar-refractivity contribution in [2.24, 2.45) is 0 Å². The number of amides is 1. The molecule has 30 heavy (non-hydrogen) atoms. The maximum absolute atomic E-state index is 12.2. The summed E-state index contributed by atoms with van der Waals surface area (Å²) < 4.78 is 26.2. The largest absolute Gasteiger partial charge is 0.477 e. The Morgan fingerprint density at radius 2 is 2.07 bits per heavy atom. The molecule has 1 amide bonds. The summed E-state index contributed by atoms with van der Waals surface area (Å²) in [4.78, 5) is 37.3. The Hall–Kier alpha value is -3.25. The van der Waals surface area contributed by atoms with E-state index in [1.165, 1.54) is 18.2 Å². The molecule has 158 valence electrons. The van der Waals surface area contributed by atoms with Crippen LogP contribution in [0.5, 0.6) is 0 Å². The fourth-order valence-electron chi connectivity index (χ4n) is 3.09. The number of hydrogen-bond acceptors (Lipinski definition) is 7. The number of aromatic amines is 1. The van der Waals surface area contributed by atoms with Crippen molar-refractivity contribution >= 4 is 49.8 Å². The van der Waals surface area contributed by atoms with E-state index < -0.39 is 26.8 Å². The molecule has 0 saturated heterocycles. The Kier molecular flexibility index (Phi) is 5.89. The number of rotatable bonds is 8. The van der Waals surface area contributed by atoms with E-state index >= 15 is 0 Å². The van der Waals surface area contributed by atoms with Crippen molar-refractivity contribution < 1.29 is 28.0 Å². The lowest BCUT2D eigenvalue weighted by molar-refractivity contribution is -0.383. The molecule has 0 saturated carbocycles. The maximum atomic E-state index is 12.2. The van der Waals surface area contributed by atoms with Gasteiger partial charge < -0.3 is 10.1 Å². The van der Waals surface area contributed by atoms with Gasteiger partial charge in [-0.25, -0.2) is 17.9 Å². The van der Waals surface area contributed by atoms with Crippen LogP contribution < -0.4 is 4.72 Å². The lowest BCUT2D eigenvalue weighted by Crippen LogP contribution is -2.30. The standard InChI is InChI=1S/C18H17N3O7S2/c1-2-10-8-12-11(17(18(23)24)19-16(12)13(9-10)21(25)26)5-6-14(22)20-30(27,28)15-4-3-7-29-15/h3-4,7-9,19H,2,5-6H2,1H3,(H,20,22)(H,23,24). The predicted octanol–water partition coefficient (Wildman–Crippen LogP) is 2.84. The second kappa shape index (κ2) is 8.24. The zero-order chi connectivity index (χ0) is 22.1. The number of carbonyl (C=O) groups is 2. The van der Waals surface area contributed by atoms with Crippen LogP contribution in [0.1, 0.15) is 35.0 Å². The Balaban J connectivity index is 1.94. The third-order valence-corrected chi connectivity index (χ3v) is 7.25. The first-order valence-corrected chi connectivity index (χ1v) is 11.1. The molecular weight excluding hydrogens is 434 g/mol. The third kappa shape index (κ3) is 4.19. The van der Waals surface area contributed by atoms with Gasteiger partial charge in [0.05, 0.1) is 4.92 Å². The number of nitrogens with one attached hydrogen (secondary N) is 2. The van der Waals surface area contributed by atoms with Gasteiger partial charge in [0.2, 0.25) is 5.91 Å². The summed E-state index contributed by atoms with van der Waals surface area (Å²) in [5.74, 6) is -2.14. The van der Waals surface area contributed by atoms with Crippen molar-refractivity contribution in [2.45, 2.75) is 30.4 Å². The van der Waals surface area contributed by atoms with Crippen molar-refractivity contribution in [2.75, 3.05) is 0 Å². The molecule has 0 aliphatic rings. The molecule has 0 radical (unpaired) electrons. The van der Waals surface area contributed by atoms with Crippen LogP contribution in [0, 0.1) is 10.1 Å². The number of carboxylic acid groups (broad SMARTS) is 1. The van der Waals surface area contributed by atoms with Gasteiger partial charge in [0.1, 0.15) is 15.4 Å². The number of hydrogen-bond donors (Lipinski definition) is 3. The number of sulfonamides is 1. The number of non-ortho nitro benzene ring substituents is 1. The first-order chi connectivity index (χ1) is 14.1. The van der Waals surface area contributed by atoms with Crippen molar-refractivity contribution in [3.63, 3.8) is 0 Å². The van der Waals surface area contributed by atoms with Crippen LogP contribution >= 0.6 is 11.3 Å². The van der Waals surface area contributed by atoms with Crippen molar-refractivity contribution in [1.29, 1.82) is 0 Å². The maximum Gasteiger partial charge on any atom is 0.352 e. The summed E-state index contributed by atoms with van der Waals surface area (Å²) in [6, 6.07) is 5.90. The Morgan fingerprint density at radius 3 is 2.63 bits per heavy atom. The molecule has 1 aromatic carbocycles. The molecule has 0 atom stereocenters. The van der Waals surface area contributed by atoms with E-state index in [9.17, 15) is 33.2 Å². The smallest absolute Gasteiger partial charge is 0.352 e. The summed E-state index contributed by atoms with van der Waals surface area (Å²) in [5.41, 5.74) is 0.366. The lowest BCUT2D eigenvalue weighted by atomic mass is 10.0.